The van der Waals surface area contributed by atoms with E-state index in [-0.39, 0.29) is 0 Å². The van der Waals surface area contributed by atoms with Crippen LogP contribution >= 0.6 is 0 Å². The molecule has 0 heterocycles. The minimum atomic E-state index is 0.850. The summed E-state index contributed by atoms with van der Waals surface area (Å²) in [4.78, 5) is 2.06. The number of para-hydroxylation sites is 1. The molecule has 0 fully saturated rings. The SMILES string of the molecule is CO/C(=C/C=C/N(C)c1ccccc1)c1ccccc1. The predicted molar refractivity (Wildman–Crippen MR) is 85.4 cm³/mol. The highest BCUT2D eigenvalue weighted by Gasteiger charge is 1.98. The Morgan fingerprint density at radius 1 is 0.950 bits per heavy atom. The Bertz CT molecular complexity index is 573. The fraction of sp³-hybridized carbons (Fsp3) is 0.111. The molecule has 0 saturated carbocycles. The maximum absolute atomic E-state index is 5.42. The van der Waals surface area contributed by atoms with Crippen LogP contribution < -0.4 is 4.90 Å². The predicted octanol–water partition coefficient (Wildman–Crippen LogP) is 4.32. The van der Waals surface area contributed by atoms with Crippen molar-refractivity contribution in [2.45, 2.75) is 0 Å². The lowest BCUT2D eigenvalue weighted by molar-refractivity contribution is 0.370. The van der Waals surface area contributed by atoms with Crippen molar-refractivity contribution in [3.8, 4) is 0 Å². The number of methoxy groups -OCH3 is 1. The molecule has 0 spiro atoms. The zero-order valence-electron chi connectivity index (χ0n) is 11.9. The summed E-state index contributed by atoms with van der Waals surface area (Å²) in [5.74, 6) is 0.850. The molecule has 0 aliphatic heterocycles. The molecule has 0 N–H and O–H groups in total. The molecule has 0 atom stereocenters. The Morgan fingerprint density at radius 3 is 2.15 bits per heavy atom. The number of allylic oxidation sites excluding steroid dienone is 2. The van der Waals surface area contributed by atoms with E-state index in [2.05, 4.69) is 17.0 Å². The second-order valence-corrected chi connectivity index (χ2v) is 4.39. The summed E-state index contributed by atoms with van der Waals surface area (Å²) in [6, 6.07) is 20.3. The normalized spacial score (nSPS) is 11.6. The van der Waals surface area contributed by atoms with E-state index in [1.165, 1.54) is 0 Å². The average Bonchev–Trinajstić information content (AvgIpc) is 2.53. The van der Waals surface area contributed by atoms with E-state index in [0.29, 0.717) is 0 Å². The number of hydrogen-bond acceptors (Lipinski definition) is 2. The summed E-state index contributed by atoms with van der Waals surface area (Å²) in [5, 5.41) is 0. The molecule has 0 amide bonds. The molecule has 0 aliphatic carbocycles. The van der Waals surface area contributed by atoms with Gasteiger partial charge in [-0.05, 0) is 24.3 Å². The monoisotopic (exact) mass is 265 g/mol. The molecule has 0 unspecified atom stereocenters. The third kappa shape index (κ3) is 3.75. The summed E-state index contributed by atoms with van der Waals surface area (Å²) >= 11 is 0. The second-order valence-electron chi connectivity index (χ2n) is 4.39. The first kappa shape index (κ1) is 13.9. The first-order chi connectivity index (χ1) is 9.81. The topological polar surface area (TPSA) is 12.5 Å². The van der Waals surface area contributed by atoms with Gasteiger partial charge in [-0.25, -0.2) is 0 Å². The molecular formula is C18H19NO. The number of rotatable bonds is 5. The van der Waals surface area contributed by atoms with Crippen molar-refractivity contribution in [3.63, 3.8) is 0 Å². The Hall–Kier alpha value is -2.48. The lowest BCUT2D eigenvalue weighted by atomic mass is 10.2. The molecule has 0 aromatic heterocycles. The Balaban J connectivity index is 2.09. The van der Waals surface area contributed by atoms with Crippen molar-refractivity contribution in [1.82, 2.24) is 0 Å². The standard InChI is InChI=1S/C18H19NO/c1-19(17-12-7-4-8-13-17)15-9-14-18(20-2)16-10-5-3-6-11-16/h3-15H,1-2H3/b15-9+,18-14+. The minimum absolute atomic E-state index is 0.850. The van der Waals surface area contributed by atoms with E-state index in [1.54, 1.807) is 7.11 Å². The van der Waals surface area contributed by atoms with Gasteiger partial charge in [-0.3, -0.25) is 0 Å². The van der Waals surface area contributed by atoms with Crippen LogP contribution in [-0.4, -0.2) is 14.2 Å². The van der Waals surface area contributed by atoms with Gasteiger partial charge in [-0.2, -0.15) is 0 Å². The molecule has 0 radical (unpaired) electrons. The van der Waals surface area contributed by atoms with Gasteiger partial charge in [-0.1, -0.05) is 48.5 Å². The van der Waals surface area contributed by atoms with E-state index in [1.807, 2.05) is 73.9 Å². The van der Waals surface area contributed by atoms with Crippen molar-refractivity contribution in [1.29, 1.82) is 0 Å². The second kappa shape index (κ2) is 7.19. The van der Waals surface area contributed by atoms with E-state index >= 15 is 0 Å². The molecular weight excluding hydrogens is 246 g/mol. The zero-order chi connectivity index (χ0) is 14.2. The summed E-state index contributed by atoms with van der Waals surface area (Å²) in [6.07, 6.45) is 5.96. The van der Waals surface area contributed by atoms with Crippen LogP contribution in [0, 0.1) is 0 Å². The highest BCUT2D eigenvalue weighted by atomic mass is 16.5. The quantitative estimate of drug-likeness (QED) is 0.589. The van der Waals surface area contributed by atoms with Gasteiger partial charge in [0, 0.05) is 24.5 Å². The molecule has 0 saturated heterocycles. The van der Waals surface area contributed by atoms with Gasteiger partial charge in [0.05, 0.1) is 7.11 Å². The maximum atomic E-state index is 5.42. The van der Waals surface area contributed by atoms with Crippen molar-refractivity contribution < 1.29 is 4.74 Å². The van der Waals surface area contributed by atoms with Gasteiger partial charge in [0.15, 0.2) is 0 Å². The highest BCUT2D eigenvalue weighted by molar-refractivity contribution is 5.61. The van der Waals surface area contributed by atoms with Gasteiger partial charge >= 0.3 is 0 Å². The van der Waals surface area contributed by atoms with Crippen LogP contribution in [0.4, 0.5) is 5.69 Å². The number of hydrogen-bond donors (Lipinski definition) is 0. The number of nitrogens with zero attached hydrogens (tertiary/aromatic N) is 1. The van der Waals surface area contributed by atoms with Crippen molar-refractivity contribution in [3.05, 3.63) is 84.6 Å². The third-order valence-electron chi connectivity index (χ3n) is 3.00. The van der Waals surface area contributed by atoms with Crippen LogP contribution in [0.2, 0.25) is 0 Å². The van der Waals surface area contributed by atoms with E-state index < -0.39 is 0 Å². The molecule has 102 valence electrons. The molecule has 2 heteroatoms. The van der Waals surface area contributed by atoms with Crippen molar-refractivity contribution in [2.75, 3.05) is 19.1 Å². The molecule has 2 aromatic carbocycles. The smallest absolute Gasteiger partial charge is 0.126 e. The van der Waals surface area contributed by atoms with Gasteiger partial charge in [0.1, 0.15) is 5.76 Å². The van der Waals surface area contributed by atoms with Crippen LogP contribution in [0.3, 0.4) is 0 Å². The fourth-order valence-corrected chi connectivity index (χ4v) is 1.89. The maximum Gasteiger partial charge on any atom is 0.126 e. The third-order valence-corrected chi connectivity index (χ3v) is 3.00. The zero-order valence-corrected chi connectivity index (χ0v) is 11.9. The lowest BCUT2D eigenvalue weighted by Crippen LogP contribution is -2.06. The van der Waals surface area contributed by atoms with Gasteiger partial charge in [0.2, 0.25) is 0 Å². The Morgan fingerprint density at radius 2 is 1.55 bits per heavy atom. The summed E-state index contributed by atoms with van der Waals surface area (Å²) < 4.78 is 5.42. The lowest BCUT2D eigenvalue weighted by Gasteiger charge is -2.13. The van der Waals surface area contributed by atoms with Crippen LogP contribution in [0.25, 0.3) is 5.76 Å². The average molecular weight is 265 g/mol. The number of anilines is 1. The van der Waals surface area contributed by atoms with Gasteiger partial charge in [-0.15, -0.1) is 0 Å². The molecule has 0 aliphatic rings. The van der Waals surface area contributed by atoms with E-state index in [4.69, 9.17) is 4.74 Å². The summed E-state index contributed by atoms with van der Waals surface area (Å²) in [7, 11) is 3.71. The molecule has 0 bridgehead atoms. The van der Waals surface area contributed by atoms with Crippen LogP contribution in [0.5, 0.6) is 0 Å². The van der Waals surface area contributed by atoms with Crippen LogP contribution in [0.1, 0.15) is 5.56 Å². The van der Waals surface area contributed by atoms with Gasteiger partial charge < -0.3 is 9.64 Å². The summed E-state index contributed by atoms with van der Waals surface area (Å²) in [5.41, 5.74) is 2.22. The highest BCUT2D eigenvalue weighted by Crippen LogP contribution is 2.15. The first-order valence-electron chi connectivity index (χ1n) is 6.57. The fourth-order valence-electron chi connectivity index (χ4n) is 1.89. The van der Waals surface area contributed by atoms with Crippen LogP contribution in [0.15, 0.2) is 79.0 Å². The minimum Gasteiger partial charge on any atom is -0.496 e. The van der Waals surface area contributed by atoms with Crippen LogP contribution in [-0.2, 0) is 4.74 Å². The first-order valence-corrected chi connectivity index (χ1v) is 6.57. The molecule has 2 nitrogen and oxygen atoms in total. The molecule has 2 rings (SSSR count). The molecule has 2 aromatic rings. The summed E-state index contributed by atoms with van der Waals surface area (Å²) in [6.45, 7) is 0. The number of ether oxygens (including phenoxy) is 1. The Labute approximate surface area is 120 Å². The van der Waals surface area contributed by atoms with E-state index in [0.717, 1.165) is 17.0 Å². The van der Waals surface area contributed by atoms with E-state index in [9.17, 15) is 0 Å². The van der Waals surface area contributed by atoms with Crippen molar-refractivity contribution in [2.24, 2.45) is 0 Å². The largest absolute Gasteiger partial charge is 0.496 e. The van der Waals surface area contributed by atoms with Crippen molar-refractivity contribution >= 4 is 11.4 Å². The number of benzene rings is 2. The Kier molecular flexibility index (Phi) is 5.01. The van der Waals surface area contributed by atoms with Gasteiger partial charge in [0.25, 0.3) is 0 Å². The molecule has 20 heavy (non-hydrogen) atoms.